The van der Waals surface area contributed by atoms with Gasteiger partial charge in [-0.25, -0.2) is 0 Å². The summed E-state index contributed by atoms with van der Waals surface area (Å²) in [5.41, 5.74) is 0. The lowest BCUT2D eigenvalue weighted by atomic mass is 10.4. The highest BCUT2D eigenvalue weighted by atomic mass is 28.2. The summed E-state index contributed by atoms with van der Waals surface area (Å²) in [4.78, 5) is 0. The van der Waals surface area contributed by atoms with Crippen molar-refractivity contribution < 1.29 is 0 Å². The quantitative estimate of drug-likeness (QED) is 0.476. The molecular weight excluding hydrogens is 152 g/mol. The summed E-state index contributed by atoms with van der Waals surface area (Å²) in [6.07, 6.45) is 0. The standard InChI is InChI=1S/C8H8Si2/c1-2-4-8-7(3-1)9-5-6-10-8/h1-4H,5-6H2. The molecule has 0 aliphatic carbocycles. The van der Waals surface area contributed by atoms with Gasteiger partial charge in [0.15, 0.2) is 0 Å². The Bertz CT molecular complexity index is 207. The van der Waals surface area contributed by atoms with Gasteiger partial charge in [0.05, 0.1) is 19.0 Å². The Labute approximate surface area is 66.3 Å². The molecule has 1 aliphatic rings. The third-order valence-electron chi connectivity index (χ3n) is 1.68. The first-order chi connectivity index (χ1) is 4.97. The Kier molecular flexibility index (Phi) is 1.73. The highest BCUT2D eigenvalue weighted by Gasteiger charge is 2.07. The third kappa shape index (κ3) is 1.09. The van der Waals surface area contributed by atoms with E-state index in [2.05, 4.69) is 24.3 Å². The van der Waals surface area contributed by atoms with Gasteiger partial charge in [0.25, 0.3) is 0 Å². The van der Waals surface area contributed by atoms with Crippen LogP contribution in [0.4, 0.5) is 0 Å². The zero-order valence-electron chi connectivity index (χ0n) is 5.72. The molecule has 0 spiro atoms. The average molecular weight is 160 g/mol. The Balaban J connectivity index is 2.41. The lowest BCUT2D eigenvalue weighted by molar-refractivity contribution is 1.41. The Morgan fingerprint density at radius 3 is 1.90 bits per heavy atom. The predicted octanol–water partition coefficient (Wildman–Crippen LogP) is 0.196. The average Bonchev–Trinajstić information content (AvgIpc) is 2.05. The molecule has 2 heteroatoms. The van der Waals surface area contributed by atoms with E-state index in [0.717, 1.165) is 19.0 Å². The summed E-state index contributed by atoms with van der Waals surface area (Å²) < 4.78 is 0. The fourth-order valence-corrected chi connectivity index (χ4v) is 4.23. The van der Waals surface area contributed by atoms with Crippen molar-refractivity contribution >= 4 is 29.4 Å². The number of fused-ring (bicyclic) bond motifs is 1. The van der Waals surface area contributed by atoms with Crippen molar-refractivity contribution in [3.63, 3.8) is 0 Å². The lowest BCUT2D eigenvalue weighted by Crippen LogP contribution is -2.39. The van der Waals surface area contributed by atoms with Crippen molar-refractivity contribution in [1.82, 2.24) is 0 Å². The van der Waals surface area contributed by atoms with Crippen LogP contribution in [0.25, 0.3) is 0 Å². The summed E-state index contributed by atoms with van der Waals surface area (Å²) in [7, 11) is 2.16. The van der Waals surface area contributed by atoms with E-state index >= 15 is 0 Å². The van der Waals surface area contributed by atoms with Gasteiger partial charge in [-0.2, -0.15) is 0 Å². The van der Waals surface area contributed by atoms with Crippen molar-refractivity contribution in [3.05, 3.63) is 24.3 Å². The second kappa shape index (κ2) is 2.72. The minimum atomic E-state index is 1.08. The van der Waals surface area contributed by atoms with Crippen LogP contribution in [0, 0.1) is 0 Å². The van der Waals surface area contributed by atoms with E-state index in [1.165, 1.54) is 12.1 Å². The second-order valence-corrected chi connectivity index (χ2v) is 5.18. The van der Waals surface area contributed by atoms with Crippen molar-refractivity contribution in [2.45, 2.75) is 12.1 Å². The maximum absolute atomic E-state index is 2.28. The number of hydrogen-bond acceptors (Lipinski definition) is 0. The maximum Gasteiger partial charge on any atom is 0.0803 e. The smallest absolute Gasteiger partial charge is 0.0655 e. The predicted molar refractivity (Wildman–Crippen MR) is 46.8 cm³/mol. The van der Waals surface area contributed by atoms with Crippen LogP contribution < -0.4 is 10.4 Å². The SMILES string of the molecule is c1ccc2c(c1)[Si]CC[Si]2. The second-order valence-electron chi connectivity index (χ2n) is 2.40. The van der Waals surface area contributed by atoms with Crippen molar-refractivity contribution in [1.29, 1.82) is 0 Å². The molecule has 1 aromatic carbocycles. The maximum atomic E-state index is 2.28. The molecule has 4 radical (unpaired) electrons. The summed E-state index contributed by atoms with van der Waals surface area (Å²) in [5, 5.41) is 3.24. The van der Waals surface area contributed by atoms with Gasteiger partial charge in [0.2, 0.25) is 0 Å². The molecule has 1 aromatic rings. The van der Waals surface area contributed by atoms with Gasteiger partial charge in [-0.15, -0.1) is 0 Å². The van der Waals surface area contributed by atoms with Gasteiger partial charge in [-0.05, 0) is 0 Å². The Hall–Kier alpha value is -0.346. The molecule has 48 valence electrons. The van der Waals surface area contributed by atoms with E-state index in [1.54, 1.807) is 10.4 Å². The van der Waals surface area contributed by atoms with E-state index in [0.29, 0.717) is 0 Å². The van der Waals surface area contributed by atoms with E-state index < -0.39 is 0 Å². The van der Waals surface area contributed by atoms with Gasteiger partial charge in [0, 0.05) is 0 Å². The zero-order valence-corrected chi connectivity index (χ0v) is 7.72. The first-order valence-electron chi connectivity index (χ1n) is 3.53. The molecule has 10 heavy (non-hydrogen) atoms. The minimum Gasteiger partial charge on any atom is -0.0655 e. The topological polar surface area (TPSA) is 0 Å². The largest absolute Gasteiger partial charge is 0.0803 e. The zero-order chi connectivity index (χ0) is 6.81. The van der Waals surface area contributed by atoms with Gasteiger partial charge in [0.1, 0.15) is 0 Å². The van der Waals surface area contributed by atoms with Gasteiger partial charge >= 0.3 is 0 Å². The van der Waals surface area contributed by atoms with Crippen molar-refractivity contribution in [2.75, 3.05) is 0 Å². The molecule has 0 amide bonds. The summed E-state index contributed by atoms with van der Waals surface area (Å²) in [6.45, 7) is 0. The number of benzene rings is 1. The molecule has 1 aliphatic heterocycles. The van der Waals surface area contributed by atoms with Crippen LogP contribution in [0.3, 0.4) is 0 Å². The van der Waals surface area contributed by atoms with Crippen LogP contribution in [0.15, 0.2) is 24.3 Å². The molecule has 0 aromatic heterocycles. The molecule has 1 heterocycles. The summed E-state index contributed by atoms with van der Waals surface area (Å²) in [6, 6.07) is 11.7. The van der Waals surface area contributed by atoms with Crippen LogP contribution in [-0.4, -0.2) is 19.0 Å². The van der Waals surface area contributed by atoms with Crippen LogP contribution in [0.5, 0.6) is 0 Å². The Morgan fingerprint density at radius 2 is 1.40 bits per heavy atom. The first-order valence-corrected chi connectivity index (χ1v) is 5.95. The normalized spacial score (nSPS) is 16.4. The van der Waals surface area contributed by atoms with E-state index in [1.807, 2.05) is 0 Å². The molecular formula is C8H8Si2. The van der Waals surface area contributed by atoms with E-state index in [9.17, 15) is 0 Å². The fourth-order valence-electron chi connectivity index (χ4n) is 1.19. The van der Waals surface area contributed by atoms with E-state index in [4.69, 9.17) is 0 Å². The van der Waals surface area contributed by atoms with Crippen molar-refractivity contribution in [2.24, 2.45) is 0 Å². The molecule has 0 atom stereocenters. The van der Waals surface area contributed by atoms with Gasteiger partial charge in [-0.3, -0.25) is 0 Å². The molecule has 0 saturated heterocycles. The third-order valence-corrected chi connectivity index (χ3v) is 5.07. The van der Waals surface area contributed by atoms with Crippen LogP contribution in [-0.2, 0) is 0 Å². The molecule has 2 rings (SSSR count). The first kappa shape index (κ1) is 6.37. The highest BCUT2D eigenvalue weighted by molar-refractivity contribution is 6.70. The Morgan fingerprint density at radius 1 is 0.900 bits per heavy atom. The van der Waals surface area contributed by atoms with Crippen LogP contribution in [0.1, 0.15) is 0 Å². The number of rotatable bonds is 0. The van der Waals surface area contributed by atoms with Crippen LogP contribution >= 0.6 is 0 Å². The molecule has 0 nitrogen and oxygen atoms in total. The van der Waals surface area contributed by atoms with Gasteiger partial charge in [-0.1, -0.05) is 46.7 Å². The minimum absolute atomic E-state index is 1.08. The number of hydrogen-bond donors (Lipinski definition) is 0. The van der Waals surface area contributed by atoms with Crippen LogP contribution in [0.2, 0.25) is 12.1 Å². The molecule has 0 saturated carbocycles. The summed E-state index contributed by atoms with van der Waals surface area (Å²) >= 11 is 0. The van der Waals surface area contributed by atoms with E-state index in [-0.39, 0.29) is 0 Å². The highest BCUT2D eigenvalue weighted by Crippen LogP contribution is 1.95. The lowest BCUT2D eigenvalue weighted by Gasteiger charge is -2.12. The van der Waals surface area contributed by atoms with Gasteiger partial charge < -0.3 is 0 Å². The molecule has 0 N–H and O–H groups in total. The summed E-state index contributed by atoms with van der Waals surface area (Å²) in [5.74, 6) is 0. The molecule has 0 bridgehead atoms. The van der Waals surface area contributed by atoms with Crippen molar-refractivity contribution in [3.8, 4) is 0 Å². The molecule has 0 fully saturated rings. The fraction of sp³-hybridized carbons (Fsp3) is 0.250. The monoisotopic (exact) mass is 160 g/mol. The molecule has 0 unspecified atom stereocenters.